The highest BCUT2D eigenvalue weighted by Gasteiger charge is 2.26. The fourth-order valence-electron chi connectivity index (χ4n) is 4.93. The highest BCUT2D eigenvalue weighted by atomic mass is 16.5. The average molecular weight is 442 g/mol. The van der Waals surface area contributed by atoms with Crippen molar-refractivity contribution in [2.45, 2.75) is 57.7 Å². The maximum atomic E-state index is 5.79. The molecule has 0 aliphatic carbocycles. The summed E-state index contributed by atoms with van der Waals surface area (Å²) in [6.07, 6.45) is 8.77. The second-order valence-corrected chi connectivity index (χ2v) is 8.88. The van der Waals surface area contributed by atoms with Gasteiger partial charge < -0.3 is 9.09 Å². The molecule has 6 heteroatoms. The van der Waals surface area contributed by atoms with Crippen LogP contribution in [0.15, 0.2) is 77.6 Å². The summed E-state index contributed by atoms with van der Waals surface area (Å²) in [6, 6.07) is 21.4. The molecule has 0 N–H and O–H groups in total. The van der Waals surface area contributed by atoms with E-state index in [-0.39, 0.29) is 5.92 Å². The van der Waals surface area contributed by atoms with Crippen LogP contribution in [0.25, 0.3) is 0 Å². The zero-order valence-electron chi connectivity index (χ0n) is 19.2. The second kappa shape index (κ2) is 10.1. The molecule has 2 aromatic carbocycles. The highest BCUT2D eigenvalue weighted by Crippen LogP contribution is 2.30. The van der Waals surface area contributed by atoms with E-state index in [0.29, 0.717) is 18.5 Å². The number of piperidine rings is 1. The molecule has 1 atom stereocenters. The van der Waals surface area contributed by atoms with E-state index in [1.807, 2.05) is 18.3 Å². The summed E-state index contributed by atoms with van der Waals surface area (Å²) in [7, 11) is 0. The van der Waals surface area contributed by atoms with Crippen molar-refractivity contribution in [3.63, 3.8) is 0 Å². The predicted molar refractivity (Wildman–Crippen MR) is 128 cm³/mol. The van der Waals surface area contributed by atoms with Crippen molar-refractivity contribution in [2.75, 3.05) is 6.54 Å². The predicted octanol–water partition coefficient (Wildman–Crippen LogP) is 5.20. The lowest BCUT2D eigenvalue weighted by molar-refractivity contribution is 0.113. The Bertz CT molecular complexity index is 1100. The van der Waals surface area contributed by atoms with Crippen LogP contribution in [0, 0.1) is 6.92 Å². The molecule has 0 radical (unpaired) electrons. The van der Waals surface area contributed by atoms with Gasteiger partial charge in [-0.05, 0) is 43.9 Å². The number of imidazole rings is 1. The normalized spacial score (nSPS) is 17.0. The Morgan fingerprint density at radius 2 is 1.73 bits per heavy atom. The number of hydrogen-bond donors (Lipinski definition) is 0. The van der Waals surface area contributed by atoms with Crippen LogP contribution in [0.4, 0.5) is 0 Å². The van der Waals surface area contributed by atoms with E-state index in [1.54, 1.807) is 0 Å². The Balaban J connectivity index is 1.33. The molecular formula is C27H31N5O. The topological polar surface area (TPSA) is 60.0 Å². The minimum Gasteiger partial charge on any atom is -0.338 e. The van der Waals surface area contributed by atoms with Gasteiger partial charge in [0.15, 0.2) is 5.82 Å². The van der Waals surface area contributed by atoms with Crippen molar-refractivity contribution in [1.82, 2.24) is 24.6 Å². The molecule has 0 amide bonds. The van der Waals surface area contributed by atoms with Crippen LogP contribution in [0.1, 0.15) is 60.3 Å². The van der Waals surface area contributed by atoms with Crippen LogP contribution in [0.2, 0.25) is 0 Å². The summed E-state index contributed by atoms with van der Waals surface area (Å²) in [6.45, 7) is 4.84. The molecule has 5 rings (SSSR count). The molecule has 6 nitrogen and oxygen atoms in total. The fourth-order valence-corrected chi connectivity index (χ4v) is 4.93. The van der Waals surface area contributed by atoms with Gasteiger partial charge in [-0.2, -0.15) is 4.98 Å². The monoisotopic (exact) mass is 441 g/mol. The van der Waals surface area contributed by atoms with Gasteiger partial charge in [-0.3, -0.25) is 4.90 Å². The van der Waals surface area contributed by atoms with Crippen molar-refractivity contribution in [1.29, 1.82) is 0 Å². The molecular weight excluding hydrogens is 410 g/mol. The summed E-state index contributed by atoms with van der Waals surface area (Å²) in [5.41, 5.74) is 2.34. The van der Waals surface area contributed by atoms with E-state index >= 15 is 0 Å². The number of aryl methyl sites for hydroxylation is 2. The van der Waals surface area contributed by atoms with Crippen molar-refractivity contribution in [3.8, 4) is 0 Å². The lowest BCUT2D eigenvalue weighted by Crippen LogP contribution is -2.39. The van der Waals surface area contributed by atoms with Crippen LogP contribution in [-0.2, 0) is 13.1 Å². The number of hydrogen-bond acceptors (Lipinski definition) is 5. The lowest BCUT2D eigenvalue weighted by Gasteiger charge is -2.34. The molecule has 0 spiro atoms. The Labute approximate surface area is 195 Å². The van der Waals surface area contributed by atoms with E-state index in [1.165, 1.54) is 30.4 Å². The maximum Gasteiger partial charge on any atom is 0.240 e. The lowest BCUT2D eigenvalue weighted by atomic mass is 9.91. The average Bonchev–Trinajstić information content (AvgIpc) is 3.49. The van der Waals surface area contributed by atoms with Gasteiger partial charge in [-0.1, -0.05) is 72.2 Å². The zero-order valence-corrected chi connectivity index (χ0v) is 19.2. The fraction of sp³-hybridized carbons (Fsp3) is 0.370. The number of nitrogens with zero attached hydrogens (tertiary/aromatic N) is 5. The van der Waals surface area contributed by atoms with Crippen molar-refractivity contribution < 1.29 is 4.52 Å². The molecule has 170 valence electrons. The largest absolute Gasteiger partial charge is 0.338 e. The summed E-state index contributed by atoms with van der Waals surface area (Å²) in [4.78, 5) is 11.8. The minimum absolute atomic E-state index is 0.0359. The van der Waals surface area contributed by atoms with E-state index in [9.17, 15) is 0 Å². The third kappa shape index (κ3) is 5.06. The van der Waals surface area contributed by atoms with Gasteiger partial charge in [0, 0.05) is 25.0 Å². The molecule has 0 bridgehead atoms. The summed E-state index contributed by atoms with van der Waals surface area (Å²) in [5.74, 6) is 2.47. The summed E-state index contributed by atoms with van der Waals surface area (Å²) < 4.78 is 8.03. The van der Waals surface area contributed by atoms with Gasteiger partial charge in [-0.15, -0.1) is 0 Å². The van der Waals surface area contributed by atoms with Crippen molar-refractivity contribution in [2.24, 2.45) is 0 Å². The molecule has 3 heterocycles. The van der Waals surface area contributed by atoms with Gasteiger partial charge in [0.05, 0.1) is 12.5 Å². The quantitative estimate of drug-likeness (QED) is 0.376. The molecule has 0 saturated carbocycles. The third-order valence-corrected chi connectivity index (χ3v) is 6.72. The van der Waals surface area contributed by atoms with Gasteiger partial charge in [0.2, 0.25) is 5.89 Å². The molecule has 4 aromatic rings. The minimum atomic E-state index is -0.0359. The van der Waals surface area contributed by atoms with E-state index in [2.05, 4.69) is 81.3 Å². The number of likely N-dealkylation sites (tertiary alicyclic amines) is 1. The molecule has 2 aromatic heterocycles. The first-order valence-electron chi connectivity index (χ1n) is 11.9. The molecule has 1 aliphatic rings. The Kier molecular flexibility index (Phi) is 6.63. The van der Waals surface area contributed by atoms with Crippen LogP contribution < -0.4 is 0 Å². The standard InChI is InChI=1S/C27H31N5O/c1-21-28-16-19-31(21)18-15-24-14-8-9-17-32(24)20-25-29-27(30-33-25)26(22-10-4-2-5-11-22)23-12-6-3-7-13-23/h2-7,10-13,16,19,24,26H,8-9,14-15,17-18,20H2,1H3/t24-/m1/s1. The number of rotatable bonds is 8. The van der Waals surface area contributed by atoms with Gasteiger partial charge in [0.25, 0.3) is 0 Å². The first-order chi connectivity index (χ1) is 16.3. The number of aromatic nitrogens is 4. The van der Waals surface area contributed by atoms with Crippen LogP contribution in [0.3, 0.4) is 0 Å². The SMILES string of the molecule is Cc1nccn1CC[C@H]1CCCCN1Cc1nc(C(c2ccccc2)c2ccccc2)no1. The third-order valence-electron chi connectivity index (χ3n) is 6.72. The smallest absolute Gasteiger partial charge is 0.240 e. The zero-order chi connectivity index (χ0) is 22.5. The van der Waals surface area contributed by atoms with Gasteiger partial charge >= 0.3 is 0 Å². The first kappa shape index (κ1) is 21.6. The van der Waals surface area contributed by atoms with Gasteiger partial charge in [0.1, 0.15) is 5.82 Å². The Morgan fingerprint density at radius 3 is 2.39 bits per heavy atom. The van der Waals surface area contributed by atoms with Crippen LogP contribution >= 0.6 is 0 Å². The molecule has 0 unspecified atom stereocenters. The van der Waals surface area contributed by atoms with E-state index in [4.69, 9.17) is 9.51 Å². The number of benzene rings is 2. The summed E-state index contributed by atoms with van der Waals surface area (Å²) in [5, 5.41) is 4.43. The first-order valence-corrected chi connectivity index (χ1v) is 11.9. The molecule has 1 saturated heterocycles. The Morgan fingerprint density at radius 1 is 1.00 bits per heavy atom. The van der Waals surface area contributed by atoms with Crippen LogP contribution in [0.5, 0.6) is 0 Å². The molecule has 1 fully saturated rings. The molecule has 33 heavy (non-hydrogen) atoms. The van der Waals surface area contributed by atoms with Crippen molar-refractivity contribution in [3.05, 3.63) is 102 Å². The highest BCUT2D eigenvalue weighted by molar-refractivity contribution is 5.37. The maximum absolute atomic E-state index is 5.79. The molecule has 1 aliphatic heterocycles. The van der Waals surface area contributed by atoms with Gasteiger partial charge in [-0.25, -0.2) is 4.98 Å². The Hall–Kier alpha value is -3.25. The van der Waals surface area contributed by atoms with Crippen molar-refractivity contribution >= 4 is 0 Å². The van der Waals surface area contributed by atoms with E-state index < -0.39 is 0 Å². The van der Waals surface area contributed by atoms with Crippen LogP contribution in [-0.4, -0.2) is 37.2 Å². The van der Waals surface area contributed by atoms with E-state index in [0.717, 1.165) is 31.2 Å². The summed E-state index contributed by atoms with van der Waals surface area (Å²) >= 11 is 0. The second-order valence-electron chi connectivity index (χ2n) is 8.88.